The third-order valence-corrected chi connectivity index (χ3v) is 4.24. The number of rotatable bonds is 2. The van der Waals surface area contributed by atoms with Crippen molar-refractivity contribution in [3.05, 3.63) is 61.6 Å². The quantitative estimate of drug-likeness (QED) is 0.712. The highest BCUT2D eigenvalue weighted by atomic mass is 127. The zero-order chi connectivity index (χ0) is 13.1. The summed E-state index contributed by atoms with van der Waals surface area (Å²) in [5, 5.41) is 2.89. The van der Waals surface area contributed by atoms with E-state index in [0.717, 1.165) is 19.3 Å². The summed E-state index contributed by atoms with van der Waals surface area (Å²) in [6, 6.07) is 13.4. The lowest BCUT2D eigenvalue weighted by atomic mass is 10.1. The molecule has 0 aromatic heterocycles. The zero-order valence-corrected chi connectivity index (χ0v) is 13.4. The molecular weight excluding hydrogens is 405 g/mol. The summed E-state index contributed by atoms with van der Waals surface area (Å²) in [5.41, 5.74) is 2.50. The Hall–Kier alpha value is -0.880. The van der Waals surface area contributed by atoms with Crippen LogP contribution in [0.2, 0.25) is 0 Å². The molecule has 18 heavy (non-hydrogen) atoms. The molecule has 0 aliphatic carbocycles. The summed E-state index contributed by atoms with van der Waals surface area (Å²) in [6.07, 6.45) is 0. The number of anilines is 1. The third kappa shape index (κ3) is 3.11. The Labute approximate surface area is 128 Å². The molecule has 0 unspecified atom stereocenters. The van der Waals surface area contributed by atoms with E-state index in [1.165, 1.54) is 0 Å². The van der Waals surface area contributed by atoms with Crippen molar-refractivity contribution in [1.29, 1.82) is 0 Å². The van der Waals surface area contributed by atoms with Crippen LogP contribution in [-0.4, -0.2) is 5.91 Å². The highest BCUT2D eigenvalue weighted by Gasteiger charge is 2.11. The Morgan fingerprint density at radius 2 is 1.94 bits per heavy atom. The van der Waals surface area contributed by atoms with E-state index in [2.05, 4.69) is 43.8 Å². The van der Waals surface area contributed by atoms with Gasteiger partial charge in [-0.3, -0.25) is 4.79 Å². The van der Waals surface area contributed by atoms with Crippen LogP contribution < -0.4 is 5.32 Å². The van der Waals surface area contributed by atoms with Crippen molar-refractivity contribution < 1.29 is 4.79 Å². The van der Waals surface area contributed by atoms with Crippen LogP contribution in [0.1, 0.15) is 15.9 Å². The number of halogens is 2. The van der Waals surface area contributed by atoms with Gasteiger partial charge in [-0.25, -0.2) is 0 Å². The van der Waals surface area contributed by atoms with Gasteiger partial charge in [-0.2, -0.15) is 0 Å². The van der Waals surface area contributed by atoms with E-state index < -0.39 is 0 Å². The van der Waals surface area contributed by atoms with E-state index in [9.17, 15) is 4.79 Å². The van der Waals surface area contributed by atoms with E-state index in [1.54, 1.807) is 6.07 Å². The number of amides is 1. The Morgan fingerprint density at radius 1 is 1.22 bits per heavy atom. The van der Waals surface area contributed by atoms with Gasteiger partial charge in [0.2, 0.25) is 0 Å². The molecule has 92 valence electrons. The average Bonchev–Trinajstić information content (AvgIpc) is 2.32. The molecule has 2 nitrogen and oxygen atoms in total. The second-order valence-electron chi connectivity index (χ2n) is 3.90. The van der Waals surface area contributed by atoms with Gasteiger partial charge in [-0.05, 0) is 75.3 Å². The number of hydrogen-bond acceptors (Lipinski definition) is 1. The maximum Gasteiger partial charge on any atom is 0.256 e. The lowest BCUT2D eigenvalue weighted by Gasteiger charge is -2.08. The van der Waals surface area contributed by atoms with E-state index in [-0.39, 0.29) is 5.91 Å². The average molecular weight is 416 g/mol. The fourth-order valence-electron chi connectivity index (χ4n) is 1.59. The van der Waals surface area contributed by atoms with E-state index in [0.29, 0.717) is 5.56 Å². The number of hydrogen-bond donors (Lipinski definition) is 1. The van der Waals surface area contributed by atoms with Gasteiger partial charge < -0.3 is 5.32 Å². The molecule has 0 fully saturated rings. The van der Waals surface area contributed by atoms with Crippen LogP contribution in [0.5, 0.6) is 0 Å². The van der Waals surface area contributed by atoms with Crippen molar-refractivity contribution in [1.82, 2.24) is 0 Å². The molecule has 2 aromatic rings. The first-order valence-corrected chi connectivity index (χ1v) is 7.27. The van der Waals surface area contributed by atoms with Crippen LogP contribution in [0.25, 0.3) is 0 Å². The normalized spacial score (nSPS) is 10.2. The highest BCUT2D eigenvalue weighted by molar-refractivity contribution is 14.1. The van der Waals surface area contributed by atoms with Crippen LogP contribution in [0, 0.1) is 10.5 Å². The molecule has 2 aromatic carbocycles. The molecule has 0 heterocycles. The molecule has 0 spiro atoms. The number of carbonyl (C=O) groups is 1. The molecule has 2 rings (SSSR count). The lowest BCUT2D eigenvalue weighted by Crippen LogP contribution is -2.12. The standard InChI is InChI=1S/C14H11BrINO/c1-9-4-2-7-12(13(9)15)14(18)17-11-6-3-5-10(16)8-11/h2-8H,1H3,(H,17,18). The largest absolute Gasteiger partial charge is 0.322 e. The number of nitrogens with one attached hydrogen (secondary N) is 1. The van der Waals surface area contributed by atoms with Crippen molar-refractivity contribution in [2.75, 3.05) is 5.32 Å². The predicted molar refractivity (Wildman–Crippen MR) is 86.0 cm³/mol. The van der Waals surface area contributed by atoms with Gasteiger partial charge in [-0.1, -0.05) is 18.2 Å². The summed E-state index contributed by atoms with van der Waals surface area (Å²) in [4.78, 5) is 12.2. The highest BCUT2D eigenvalue weighted by Crippen LogP contribution is 2.22. The van der Waals surface area contributed by atoms with Gasteiger partial charge in [0.1, 0.15) is 0 Å². The minimum Gasteiger partial charge on any atom is -0.322 e. The minimum atomic E-state index is -0.104. The Morgan fingerprint density at radius 3 is 2.67 bits per heavy atom. The van der Waals surface area contributed by atoms with Crippen molar-refractivity contribution in [3.63, 3.8) is 0 Å². The van der Waals surface area contributed by atoms with Crippen molar-refractivity contribution in [3.8, 4) is 0 Å². The van der Waals surface area contributed by atoms with Gasteiger partial charge in [0.15, 0.2) is 0 Å². The van der Waals surface area contributed by atoms with E-state index in [4.69, 9.17) is 0 Å². The first-order chi connectivity index (χ1) is 8.58. The SMILES string of the molecule is Cc1cccc(C(=O)Nc2cccc(I)c2)c1Br. The molecular formula is C14H11BrINO. The van der Waals surface area contributed by atoms with Crippen LogP contribution in [-0.2, 0) is 0 Å². The molecule has 0 bridgehead atoms. The second-order valence-corrected chi connectivity index (χ2v) is 5.94. The number of benzene rings is 2. The molecule has 0 saturated carbocycles. The van der Waals surface area contributed by atoms with Gasteiger partial charge in [-0.15, -0.1) is 0 Å². The summed E-state index contributed by atoms with van der Waals surface area (Å²) in [5.74, 6) is -0.104. The van der Waals surface area contributed by atoms with Crippen LogP contribution in [0.15, 0.2) is 46.9 Å². The Kier molecular flexibility index (Phi) is 4.40. The van der Waals surface area contributed by atoms with Crippen molar-refractivity contribution in [2.24, 2.45) is 0 Å². The molecule has 1 amide bonds. The third-order valence-electron chi connectivity index (χ3n) is 2.52. The molecule has 0 radical (unpaired) electrons. The second kappa shape index (κ2) is 5.84. The topological polar surface area (TPSA) is 29.1 Å². The summed E-state index contributed by atoms with van der Waals surface area (Å²) < 4.78 is 1.93. The van der Waals surface area contributed by atoms with Crippen LogP contribution >= 0.6 is 38.5 Å². The van der Waals surface area contributed by atoms with Gasteiger partial charge in [0, 0.05) is 13.7 Å². The fraction of sp³-hybridized carbons (Fsp3) is 0.0714. The van der Waals surface area contributed by atoms with Crippen molar-refractivity contribution >= 4 is 50.1 Å². The molecule has 0 atom stereocenters. The van der Waals surface area contributed by atoms with Crippen LogP contribution in [0.3, 0.4) is 0 Å². The molecule has 0 aliphatic heterocycles. The maximum absolute atomic E-state index is 12.2. The number of aryl methyl sites for hydroxylation is 1. The van der Waals surface area contributed by atoms with Crippen LogP contribution in [0.4, 0.5) is 5.69 Å². The molecule has 0 saturated heterocycles. The van der Waals surface area contributed by atoms with Crippen molar-refractivity contribution in [2.45, 2.75) is 6.92 Å². The predicted octanol–water partition coefficient (Wildman–Crippen LogP) is 4.61. The Bertz CT molecular complexity index is 598. The summed E-state index contributed by atoms with van der Waals surface area (Å²) >= 11 is 5.66. The van der Waals surface area contributed by atoms with Gasteiger partial charge in [0.05, 0.1) is 5.56 Å². The summed E-state index contributed by atoms with van der Waals surface area (Å²) in [6.45, 7) is 1.96. The summed E-state index contributed by atoms with van der Waals surface area (Å²) in [7, 11) is 0. The minimum absolute atomic E-state index is 0.104. The monoisotopic (exact) mass is 415 g/mol. The van der Waals surface area contributed by atoms with E-state index in [1.807, 2.05) is 43.3 Å². The first kappa shape index (κ1) is 13.5. The smallest absolute Gasteiger partial charge is 0.256 e. The molecule has 1 N–H and O–H groups in total. The Balaban J connectivity index is 2.25. The zero-order valence-electron chi connectivity index (χ0n) is 9.71. The van der Waals surface area contributed by atoms with E-state index >= 15 is 0 Å². The number of carbonyl (C=O) groups excluding carboxylic acids is 1. The lowest BCUT2D eigenvalue weighted by molar-refractivity contribution is 0.102. The van der Waals surface area contributed by atoms with Gasteiger partial charge in [0.25, 0.3) is 5.91 Å². The molecule has 0 aliphatic rings. The maximum atomic E-state index is 12.2. The molecule has 4 heteroatoms. The van der Waals surface area contributed by atoms with Gasteiger partial charge >= 0.3 is 0 Å². The first-order valence-electron chi connectivity index (χ1n) is 5.40. The fourth-order valence-corrected chi connectivity index (χ4v) is 2.57.